The molecule has 7 heteroatoms. The summed E-state index contributed by atoms with van der Waals surface area (Å²) in [5.41, 5.74) is 4.82. The van der Waals surface area contributed by atoms with Crippen molar-refractivity contribution in [2.45, 2.75) is 24.9 Å². The van der Waals surface area contributed by atoms with E-state index in [0.717, 1.165) is 0 Å². The monoisotopic (exact) mass is 230 g/mol. The molecule has 1 aliphatic rings. The maximum atomic E-state index is 11.5. The molecule has 1 aromatic rings. The van der Waals surface area contributed by atoms with E-state index in [1.807, 2.05) is 0 Å². The molecule has 0 spiro atoms. The first kappa shape index (κ1) is 11.1. The molecule has 88 valence electrons. The van der Waals surface area contributed by atoms with Crippen LogP contribution < -0.4 is 11.4 Å². The minimum Gasteiger partial charge on any atom is -0.394 e. The highest BCUT2D eigenvalue weighted by atomic mass is 16.6. The van der Waals surface area contributed by atoms with Crippen LogP contribution in [0.5, 0.6) is 0 Å². The van der Waals surface area contributed by atoms with Crippen LogP contribution in [0.1, 0.15) is 12.6 Å². The first-order valence-electron chi connectivity index (χ1n) is 4.91. The number of hydrogen-bond donors (Lipinski definition) is 3. The topological polar surface area (TPSA) is 111 Å². The van der Waals surface area contributed by atoms with E-state index >= 15 is 0 Å². The molecule has 0 amide bonds. The van der Waals surface area contributed by atoms with Crippen molar-refractivity contribution in [2.24, 2.45) is 0 Å². The average molecular weight is 230 g/mol. The number of anilines is 1. The third kappa shape index (κ3) is 1.92. The van der Waals surface area contributed by atoms with Crippen molar-refractivity contribution in [2.75, 3.05) is 12.3 Å². The first-order chi connectivity index (χ1) is 7.61. The Labute approximate surface area is 91.1 Å². The molecule has 1 aromatic heterocycles. The van der Waals surface area contributed by atoms with Gasteiger partial charge in [-0.3, -0.25) is 4.57 Å². The Morgan fingerprint density at radius 1 is 1.69 bits per heavy atom. The van der Waals surface area contributed by atoms with Gasteiger partial charge < -0.3 is 20.7 Å². The van der Waals surface area contributed by atoms with E-state index in [1.54, 1.807) is 0 Å². The molecule has 0 saturated carbocycles. The highest BCUT2D eigenvalue weighted by Crippen LogP contribution is 2.27. The standard InChI is InChI=1S/C9H13N3O4/c10-7-1-2-12(9(15)11-7)8-3-5(14)6(4-13)16-8/h1-2,5-6,8,13-14H,3-4H2,(H2,10,11,15)/t5-,6+,8+/m0/s1/i10+1,11+1,12+1. The molecule has 2 heterocycles. The smallest absolute Gasteiger partial charge is 0.351 e. The molecule has 3 atom stereocenters. The fraction of sp³-hybridized carbons (Fsp3) is 0.556. The second-order valence-electron chi connectivity index (χ2n) is 3.66. The summed E-state index contributed by atoms with van der Waals surface area (Å²) in [5, 5.41) is 18.4. The van der Waals surface area contributed by atoms with Gasteiger partial charge in [0.1, 0.15) is 18.1 Å². The molecule has 7 nitrogen and oxygen atoms in total. The zero-order valence-corrected chi connectivity index (χ0v) is 8.48. The zero-order valence-electron chi connectivity index (χ0n) is 8.48. The van der Waals surface area contributed by atoms with Crippen molar-refractivity contribution < 1.29 is 14.9 Å². The third-order valence-electron chi connectivity index (χ3n) is 2.55. The molecule has 4 N–H and O–H groups in total. The molecular weight excluding hydrogens is 217 g/mol. The molecule has 0 aromatic carbocycles. The minimum absolute atomic E-state index is 0.138. The molecule has 1 fully saturated rings. The summed E-state index contributed by atoms with van der Waals surface area (Å²) in [4.78, 5) is 15.0. The van der Waals surface area contributed by atoms with Crippen LogP contribution in [-0.2, 0) is 4.74 Å². The van der Waals surface area contributed by atoms with Crippen molar-refractivity contribution in [1.29, 1.82) is 0 Å². The second-order valence-corrected chi connectivity index (χ2v) is 3.66. The van der Waals surface area contributed by atoms with Gasteiger partial charge in [0, 0.05) is 12.6 Å². The largest absolute Gasteiger partial charge is 0.394 e. The van der Waals surface area contributed by atoms with Gasteiger partial charge in [0.25, 0.3) is 0 Å². The fourth-order valence-corrected chi connectivity index (χ4v) is 1.70. The number of aliphatic hydroxyl groups is 2. The van der Waals surface area contributed by atoms with Gasteiger partial charge >= 0.3 is 5.69 Å². The number of hydrogen-bond acceptors (Lipinski definition) is 6. The van der Waals surface area contributed by atoms with Crippen molar-refractivity contribution in [3.05, 3.63) is 22.7 Å². The van der Waals surface area contributed by atoms with E-state index in [2.05, 4.69) is 4.98 Å². The Kier molecular flexibility index (Phi) is 2.90. The van der Waals surface area contributed by atoms with Crippen molar-refractivity contribution in [3.8, 4) is 0 Å². The Morgan fingerprint density at radius 3 is 3.00 bits per heavy atom. The second kappa shape index (κ2) is 4.20. The number of aliphatic hydroxyl groups excluding tert-OH is 2. The normalized spacial score (nSPS) is 29.5. The summed E-state index contributed by atoms with van der Waals surface area (Å²) in [5.74, 6) is 0.138. The van der Waals surface area contributed by atoms with E-state index in [-0.39, 0.29) is 18.8 Å². The van der Waals surface area contributed by atoms with Gasteiger partial charge in [0.05, 0.1) is 12.7 Å². The van der Waals surface area contributed by atoms with Gasteiger partial charge in [-0.1, -0.05) is 0 Å². The van der Waals surface area contributed by atoms with Gasteiger partial charge in [-0.15, -0.1) is 0 Å². The van der Waals surface area contributed by atoms with E-state index in [4.69, 9.17) is 15.6 Å². The highest BCUT2D eigenvalue weighted by molar-refractivity contribution is 5.23. The number of nitrogen functional groups attached to an aromatic ring is 1. The number of rotatable bonds is 2. The van der Waals surface area contributed by atoms with Gasteiger partial charge in [-0.05, 0) is 6.07 Å². The molecule has 1 aliphatic heterocycles. The van der Waals surface area contributed by atoms with Crippen molar-refractivity contribution in [3.63, 3.8) is 0 Å². The number of nitrogens with two attached hydrogens (primary N) is 1. The molecule has 16 heavy (non-hydrogen) atoms. The number of ether oxygens (including phenoxy) is 1. The van der Waals surface area contributed by atoms with E-state index in [0.29, 0.717) is 0 Å². The molecule has 0 unspecified atom stereocenters. The Morgan fingerprint density at radius 2 is 2.44 bits per heavy atom. The molecule has 1 saturated heterocycles. The average Bonchev–Trinajstić information content (AvgIpc) is 2.59. The lowest BCUT2D eigenvalue weighted by molar-refractivity contribution is -0.0458. The zero-order chi connectivity index (χ0) is 11.7. The molecule has 0 bridgehead atoms. The lowest BCUT2D eigenvalue weighted by atomic mass is 10.2. The molecular formula is C9H13N3O4. The van der Waals surface area contributed by atoms with Crippen LogP contribution in [0.25, 0.3) is 0 Å². The van der Waals surface area contributed by atoms with Crippen LogP contribution >= 0.6 is 0 Å². The van der Waals surface area contributed by atoms with Crippen molar-refractivity contribution in [1.82, 2.24) is 9.55 Å². The third-order valence-corrected chi connectivity index (χ3v) is 2.55. The lowest BCUT2D eigenvalue weighted by Gasteiger charge is -2.13. The van der Waals surface area contributed by atoms with Crippen LogP contribution in [-0.4, -0.2) is 38.6 Å². The minimum atomic E-state index is -0.778. The predicted octanol–water partition coefficient (Wildman–Crippen LogP) is -1.53. The number of aromatic nitrogens is 2. The quantitative estimate of drug-likeness (QED) is 0.531. The molecule has 2 rings (SSSR count). The van der Waals surface area contributed by atoms with Crippen LogP contribution in [0.4, 0.5) is 5.82 Å². The number of nitrogens with zero attached hydrogens (tertiary/aromatic N) is 2. The molecule has 0 aliphatic carbocycles. The van der Waals surface area contributed by atoms with Gasteiger partial charge in [0.2, 0.25) is 0 Å². The molecule has 0 radical (unpaired) electrons. The van der Waals surface area contributed by atoms with Crippen LogP contribution in [0.2, 0.25) is 0 Å². The summed E-state index contributed by atoms with van der Waals surface area (Å²) < 4.78 is 6.56. The SMILES string of the molecule is [15NH2]c1cc[15n]([C@H]2C[C@H](O)[C@@H](CO)O2)c(=O)[15n]1. The summed E-state index contributed by atoms with van der Waals surface area (Å²) in [7, 11) is 0. The first-order valence-corrected chi connectivity index (χ1v) is 4.91. The Balaban J connectivity index is 2.23. The van der Waals surface area contributed by atoms with Gasteiger partial charge in [-0.2, -0.15) is 4.98 Å². The van der Waals surface area contributed by atoms with Crippen LogP contribution in [0.3, 0.4) is 0 Å². The summed E-state index contributed by atoms with van der Waals surface area (Å²) in [6.07, 6.45) is -0.333. The van der Waals surface area contributed by atoms with Crippen LogP contribution in [0, 0.1) is 0 Å². The Hall–Kier alpha value is -1.44. The van der Waals surface area contributed by atoms with Gasteiger partial charge in [-0.25, -0.2) is 4.79 Å². The summed E-state index contributed by atoms with van der Waals surface area (Å²) >= 11 is 0. The van der Waals surface area contributed by atoms with E-state index in [9.17, 15) is 9.90 Å². The van der Waals surface area contributed by atoms with E-state index in [1.165, 1.54) is 16.8 Å². The van der Waals surface area contributed by atoms with Crippen molar-refractivity contribution >= 4 is 5.82 Å². The predicted molar refractivity (Wildman–Crippen MR) is 54.5 cm³/mol. The van der Waals surface area contributed by atoms with E-state index < -0.39 is 24.1 Å². The Bertz CT molecular complexity index is 433. The fourth-order valence-electron chi connectivity index (χ4n) is 1.70. The maximum absolute atomic E-state index is 11.5. The van der Waals surface area contributed by atoms with Crippen LogP contribution in [0.15, 0.2) is 17.1 Å². The lowest BCUT2D eigenvalue weighted by Crippen LogP contribution is -2.27. The summed E-state index contributed by atoms with van der Waals surface area (Å²) in [6.45, 7) is -0.283. The van der Waals surface area contributed by atoms with Gasteiger partial charge in [0.15, 0.2) is 0 Å². The maximum Gasteiger partial charge on any atom is 0.351 e. The summed E-state index contributed by atoms with van der Waals surface area (Å²) in [6, 6.07) is 1.48. The highest BCUT2D eigenvalue weighted by Gasteiger charge is 2.34.